The molecular formula is C74H51F15N6O12. The normalized spacial score (nSPS) is 16.0. The highest BCUT2D eigenvalue weighted by molar-refractivity contribution is 6.37. The number of nitrogens with zero attached hydrogens (tertiary/aromatic N) is 5. The summed E-state index contributed by atoms with van der Waals surface area (Å²) in [5.41, 5.74) is -42.3. The molecule has 0 unspecified atom stereocenters. The maximum atomic E-state index is 18.0. The molecule has 5 aliphatic rings. The number of carbonyl (C=O) groups is 12. The smallest absolute Gasteiger partial charge is 0.352 e. The van der Waals surface area contributed by atoms with Crippen molar-refractivity contribution >= 4 is 82.6 Å². The molecule has 0 spiro atoms. The number of anilines is 2. The molecule has 0 atom stereocenters. The van der Waals surface area contributed by atoms with Crippen LogP contribution in [-0.2, 0) is 16.2 Å². The highest BCUT2D eigenvalue weighted by Gasteiger charge is 2.75. The van der Waals surface area contributed by atoms with Crippen LogP contribution < -0.4 is 15.1 Å². The van der Waals surface area contributed by atoms with Crippen molar-refractivity contribution in [2.24, 2.45) is 0 Å². The number of nitrogens with one attached hydrogen (secondary N) is 1. The molecule has 554 valence electrons. The van der Waals surface area contributed by atoms with Gasteiger partial charge in [0.25, 0.3) is 65.0 Å². The summed E-state index contributed by atoms with van der Waals surface area (Å²) >= 11 is 0. The maximum absolute atomic E-state index is 18.0. The van der Waals surface area contributed by atoms with Gasteiger partial charge in [0.2, 0.25) is 10.8 Å². The first-order chi connectivity index (χ1) is 49.5. The minimum Gasteiger partial charge on any atom is -0.352 e. The van der Waals surface area contributed by atoms with Crippen molar-refractivity contribution in [3.63, 3.8) is 0 Å². The van der Waals surface area contributed by atoms with E-state index in [1.54, 1.807) is 0 Å². The summed E-state index contributed by atoms with van der Waals surface area (Å²) in [6.07, 6.45) is -32.5. The fourth-order valence-corrected chi connectivity index (χ4v) is 14.8. The molecule has 18 nitrogen and oxygen atoms in total. The van der Waals surface area contributed by atoms with Gasteiger partial charge in [0.05, 0.1) is 67.0 Å². The Bertz CT molecular complexity index is 5100. The second-order valence-corrected chi connectivity index (χ2v) is 27.5. The number of carbonyl (C=O) groups excluding carboxylic acids is 12. The Morgan fingerprint density at radius 1 is 0.346 bits per heavy atom. The Labute approximate surface area is 593 Å². The van der Waals surface area contributed by atoms with Crippen LogP contribution in [0.5, 0.6) is 0 Å². The van der Waals surface area contributed by atoms with Crippen molar-refractivity contribution in [1.29, 1.82) is 0 Å². The van der Waals surface area contributed by atoms with Gasteiger partial charge in [-0.15, -0.1) is 0 Å². The number of imide groups is 5. The van der Waals surface area contributed by atoms with Gasteiger partial charge in [-0.3, -0.25) is 72.2 Å². The molecule has 0 saturated heterocycles. The second kappa shape index (κ2) is 24.2. The van der Waals surface area contributed by atoms with E-state index in [2.05, 4.69) is 5.32 Å². The topological polar surface area (TPSA) is 233 Å². The zero-order chi connectivity index (χ0) is 79.0. The van der Waals surface area contributed by atoms with Gasteiger partial charge < -0.3 is 5.32 Å². The van der Waals surface area contributed by atoms with Crippen molar-refractivity contribution in [3.8, 4) is 0 Å². The first kappa shape index (κ1) is 75.0. The van der Waals surface area contributed by atoms with E-state index >= 15 is 85.0 Å². The van der Waals surface area contributed by atoms with Crippen LogP contribution in [0, 0.1) is 0 Å². The number of rotatable bonds is 13. The third-order valence-corrected chi connectivity index (χ3v) is 19.5. The van der Waals surface area contributed by atoms with Gasteiger partial charge in [-0.2, -0.15) is 65.9 Å². The van der Waals surface area contributed by atoms with E-state index in [9.17, 15) is 38.4 Å². The van der Waals surface area contributed by atoms with E-state index in [0.717, 1.165) is 12.1 Å². The Morgan fingerprint density at radius 2 is 0.636 bits per heavy atom. The molecule has 1 N–H and O–H groups in total. The van der Waals surface area contributed by atoms with Gasteiger partial charge in [0.15, 0.2) is 6.29 Å². The van der Waals surface area contributed by atoms with Gasteiger partial charge in [-0.1, -0.05) is 36.4 Å². The van der Waals surface area contributed by atoms with Gasteiger partial charge in [0, 0.05) is 35.3 Å². The molecule has 0 aromatic heterocycles. The predicted octanol–water partition coefficient (Wildman–Crippen LogP) is 14.0. The molecule has 11 amide bonds. The average Bonchev–Trinajstić information content (AvgIpc) is 1.69. The van der Waals surface area contributed by atoms with Crippen molar-refractivity contribution in [2.75, 3.05) is 22.9 Å². The molecule has 0 fully saturated rings. The summed E-state index contributed by atoms with van der Waals surface area (Å²) in [5, 5.41) is 2.23. The molecule has 5 heterocycles. The molecule has 0 bridgehead atoms. The minimum absolute atomic E-state index is 0.0612. The summed E-state index contributed by atoms with van der Waals surface area (Å²) in [4.78, 5) is 171. The van der Waals surface area contributed by atoms with Gasteiger partial charge >= 0.3 is 30.9 Å². The van der Waals surface area contributed by atoms with Crippen molar-refractivity contribution in [1.82, 2.24) is 20.0 Å². The van der Waals surface area contributed by atoms with Crippen LogP contribution in [0.3, 0.4) is 0 Å². The SMILES string of the molecule is CCNC(=O)c1ccc(C(c2ccc3c(c2)C(=O)N(c2cc(N4C(=O)c5ccc(C(c6ccc7c(c6)C(=O)N(CC)C7=O)(C(F)(F)F)C(F)(F)F)cc5C4=O)cc(C(c4ccc5c(c4)C(=O)N(C(C)(C)C)C5=O)(c4ccc5c(c4)C(=O)N(C(C)(C)C)C5=O)C(F)(F)F)c2)C3=O)(C(F)(F)F)C(F)(F)F)cc1C=O. The summed E-state index contributed by atoms with van der Waals surface area (Å²) in [5.74, 6) is -15.7. The van der Waals surface area contributed by atoms with Crippen molar-refractivity contribution < 1.29 is 123 Å². The Morgan fingerprint density at radius 3 is 0.972 bits per heavy atom. The lowest BCUT2D eigenvalue weighted by molar-refractivity contribution is -0.290. The lowest BCUT2D eigenvalue weighted by atomic mass is 9.67. The van der Waals surface area contributed by atoms with Crippen LogP contribution in [0.4, 0.5) is 77.2 Å². The lowest BCUT2D eigenvalue weighted by Gasteiger charge is -2.39. The lowest BCUT2D eigenvalue weighted by Crippen LogP contribution is -2.55. The van der Waals surface area contributed by atoms with Crippen LogP contribution in [0.2, 0.25) is 0 Å². The van der Waals surface area contributed by atoms with Crippen LogP contribution in [0.15, 0.2) is 127 Å². The summed E-state index contributed by atoms with van der Waals surface area (Å²) in [6, 6.07) is 7.06. The molecule has 107 heavy (non-hydrogen) atoms. The first-order valence-corrected chi connectivity index (χ1v) is 32.0. The van der Waals surface area contributed by atoms with Gasteiger partial charge in [-0.05, 0) is 185 Å². The molecule has 0 aliphatic carbocycles. The predicted molar refractivity (Wildman–Crippen MR) is 344 cm³/mol. The van der Waals surface area contributed by atoms with Crippen molar-refractivity contribution in [2.45, 2.75) is 114 Å². The average molecular weight is 1500 g/mol. The quantitative estimate of drug-likeness (QED) is 0.0491. The van der Waals surface area contributed by atoms with Crippen LogP contribution in [0.25, 0.3) is 0 Å². The van der Waals surface area contributed by atoms with E-state index < -0.39 is 247 Å². The van der Waals surface area contributed by atoms with Crippen LogP contribution >= 0.6 is 0 Å². The third-order valence-electron chi connectivity index (χ3n) is 19.5. The first-order valence-electron chi connectivity index (χ1n) is 32.0. The van der Waals surface area contributed by atoms with E-state index in [0.29, 0.717) is 69.3 Å². The second-order valence-electron chi connectivity index (χ2n) is 27.5. The number of aldehydes is 1. The maximum Gasteiger partial charge on any atom is 0.411 e. The summed E-state index contributed by atoms with van der Waals surface area (Å²) in [6.45, 7) is 10.4. The van der Waals surface area contributed by atoms with E-state index in [4.69, 9.17) is 0 Å². The van der Waals surface area contributed by atoms with Crippen LogP contribution in [-0.4, -0.2) is 141 Å². The molecule has 12 rings (SSSR count). The molecule has 0 saturated carbocycles. The highest BCUT2D eigenvalue weighted by atomic mass is 19.4. The minimum atomic E-state index is -6.56. The number of amides is 11. The fourth-order valence-electron chi connectivity index (χ4n) is 14.8. The molecule has 0 radical (unpaired) electrons. The summed E-state index contributed by atoms with van der Waals surface area (Å²) in [7, 11) is 0. The molecular weight excluding hydrogens is 1450 g/mol. The molecule has 33 heteroatoms. The number of alkyl halides is 15. The highest BCUT2D eigenvalue weighted by Crippen LogP contribution is 2.60. The number of hydrogen-bond donors (Lipinski definition) is 1. The number of benzene rings is 7. The van der Waals surface area contributed by atoms with Crippen LogP contribution in [0.1, 0.15) is 219 Å². The van der Waals surface area contributed by atoms with Gasteiger partial charge in [0.1, 0.15) is 5.41 Å². The Balaban J connectivity index is 1.13. The van der Waals surface area contributed by atoms with E-state index in [1.807, 2.05) is 0 Å². The fraction of sp³-hybridized carbons (Fsp3) is 0.270. The molecule has 7 aromatic rings. The number of hydrogen-bond acceptors (Lipinski definition) is 12. The standard InChI is InChI=1S/C74H51F15N6O12/c1-9-90-54(97)43-17-13-36(23-33(43)32-96)68(71(78,79)80,72(81,82)83)38-15-21-45-50(29-38)59(102)92(57(45)100)41-24-40(67(70(75,76)77,34-11-18-47-52(26-34)63(106)94(61(47)104)65(3,4)5)35-12-19-48-53(27-35)64(107)95(62(48)105)66(6,7)8)25-42(31-41)93-58(101)46-22-16-39(30-51(46)60(93)103)69(73(84,85)86,74(87,88)89)37-14-20-44-49(28-37)56(99)91(10-2)55(44)98/h11-32H,9-10H2,1-8H3,(H,90,97). The summed E-state index contributed by atoms with van der Waals surface area (Å²) < 4.78 is 245. The molecule has 7 aromatic carbocycles. The molecule has 5 aliphatic heterocycles. The van der Waals surface area contributed by atoms with Crippen molar-refractivity contribution in [3.05, 3.63) is 233 Å². The zero-order valence-electron chi connectivity index (χ0n) is 56.4. The van der Waals surface area contributed by atoms with E-state index in [-0.39, 0.29) is 83.3 Å². The largest absolute Gasteiger partial charge is 0.411 e. The van der Waals surface area contributed by atoms with Gasteiger partial charge in [-0.25, -0.2) is 9.80 Å². The monoisotopic (exact) mass is 1500 g/mol. The van der Waals surface area contributed by atoms with E-state index in [1.165, 1.54) is 55.4 Å². The Hall–Kier alpha value is -11.7. The number of fused-ring (bicyclic) bond motifs is 5. The third kappa shape index (κ3) is 10.5. The Kier molecular flexibility index (Phi) is 17.0. The zero-order valence-corrected chi connectivity index (χ0v) is 56.4. The number of halogens is 15.